The molecule has 2 aromatic rings. The van der Waals surface area contributed by atoms with Gasteiger partial charge in [-0.05, 0) is 37.6 Å². The lowest BCUT2D eigenvalue weighted by molar-refractivity contribution is 0.0511. The van der Waals surface area contributed by atoms with Gasteiger partial charge in [0.15, 0.2) is 5.69 Å². The van der Waals surface area contributed by atoms with Crippen molar-refractivity contribution in [3.63, 3.8) is 0 Å². The van der Waals surface area contributed by atoms with Crippen LogP contribution in [0.3, 0.4) is 0 Å². The average molecular weight is 439 g/mol. The van der Waals surface area contributed by atoms with Gasteiger partial charge in [-0.25, -0.2) is 21.9 Å². The predicted molar refractivity (Wildman–Crippen MR) is 111 cm³/mol. The molecule has 8 nitrogen and oxygen atoms in total. The van der Waals surface area contributed by atoms with E-state index in [0.29, 0.717) is 17.7 Å². The summed E-state index contributed by atoms with van der Waals surface area (Å²) in [6.07, 6.45) is 1.53. The molecule has 164 valence electrons. The quantitative estimate of drug-likeness (QED) is 0.600. The van der Waals surface area contributed by atoms with Crippen LogP contribution in [0.1, 0.15) is 34.2 Å². The molecule has 1 heterocycles. The highest BCUT2D eigenvalue weighted by molar-refractivity contribution is 7.89. The van der Waals surface area contributed by atoms with Gasteiger partial charge in [0.1, 0.15) is 5.83 Å². The first kappa shape index (κ1) is 23.7. The highest BCUT2D eigenvalue weighted by atomic mass is 32.2. The van der Waals surface area contributed by atoms with Crippen molar-refractivity contribution >= 4 is 16.0 Å². The van der Waals surface area contributed by atoms with E-state index in [-0.39, 0.29) is 30.3 Å². The van der Waals surface area contributed by atoms with Gasteiger partial charge < -0.3 is 10.5 Å². The van der Waals surface area contributed by atoms with E-state index in [0.717, 1.165) is 9.87 Å². The van der Waals surface area contributed by atoms with E-state index in [9.17, 15) is 17.6 Å². The van der Waals surface area contributed by atoms with Gasteiger partial charge >= 0.3 is 5.97 Å². The van der Waals surface area contributed by atoms with Gasteiger partial charge in [-0.3, -0.25) is 4.68 Å². The Morgan fingerprint density at radius 1 is 1.30 bits per heavy atom. The lowest BCUT2D eigenvalue weighted by Gasteiger charge is -2.12. The lowest BCUT2D eigenvalue weighted by Crippen LogP contribution is -2.22. The molecule has 0 spiro atoms. The van der Waals surface area contributed by atoms with Crippen molar-refractivity contribution in [3.05, 3.63) is 58.7 Å². The Kier molecular flexibility index (Phi) is 7.88. The van der Waals surface area contributed by atoms with Crippen LogP contribution in [0.4, 0.5) is 4.39 Å². The molecular formula is C20H27FN4O4S. The molecular weight excluding hydrogens is 411 g/mol. The first-order valence-corrected chi connectivity index (χ1v) is 10.8. The van der Waals surface area contributed by atoms with Crippen molar-refractivity contribution in [1.29, 1.82) is 0 Å². The number of nitrogens with two attached hydrogens (primary N) is 1. The van der Waals surface area contributed by atoms with Crippen molar-refractivity contribution in [1.82, 2.24) is 14.1 Å². The highest BCUT2D eigenvalue weighted by Crippen LogP contribution is 2.22. The number of esters is 1. The molecule has 0 bridgehead atoms. The molecule has 0 amide bonds. The van der Waals surface area contributed by atoms with Gasteiger partial charge in [-0.2, -0.15) is 5.10 Å². The molecule has 2 rings (SSSR count). The number of hydrogen-bond donors (Lipinski definition) is 1. The van der Waals surface area contributed by atoms with Crippen molar-refractivity contribution < 1.29 is 22.3 Å². The standard InChI is InChI=1S/C20H27FN4O4S/c1-5-29-20(26)19-18(14(2)23-25(19)13-16(21)10-11-22)12-15-6-8-17(9-7-15)30(27,28)24(3)4/h6-10H,5,11-13,22H2,1-4H3/b16-10-. The van der Waals surface area contributed by atoms with Crippen LogP contribution in [0.5, 0.6) is 0 Å². The fraction of sp³-hybridized carbons (Fsp3) is 0.400. The summed E-state index contributed by atoms with van der Waals surface area (Å²) in [5.74, 6) is -1.10. The van der Waals surface area contributed by atoms with Crippen LogP contribution in [-0.4, -0.2) is 55.7 Å². The molecule has 1 aromatic heterocycles. The van der Waals surface area contributed by atoms with E-state index in [1.165, 1.54) is 37.0 Å². The summed E-state index contributed by atoms with van der Waals surface area (Å²) in [5, 5.41) is 4.30. The zero-order chi connectivity index (χ0) is 22.5. The Morgan fingerprint density at radius 3 is 2.47 bits per heavy atom. The zero-order valence-electron chi connectivity index (χ0n) is 17.6. The normalized spacial score (nSPS) is 12.4. The molecule has 1 aromatic carbocycles. The molecule has 0 unspecified atom stereocenters. The second kappa shape index (κ2) is 9.96. The maximum Gasteiger partial charge on any atom is 0.356 e. The Balaban J connectivity index is 2.42. The van der Waals surface area contributed by atoms with E-state index in [1.807, 2.05) is 0 Å². The summed E-state index contributed by atoms with van der Waals surface area (Å²) in [6.45, 7) is 3.39. The van der Waals surface area contributed by atoms with Gasteiger partial charge in [-0.15, -0.1) is 0 Å². The average Bonchev–Trinajstić information content (AvgIpc) is 2.97. The van der Waals surface area contributed by atoms with E-state index < -0.39 is 21.8 Å². The molecule has 0 aliphatic rings. The second-order valence-corrected chi connectivity index (χ2v) is 8.94. The summed E-state index contributed by atoms with van der Waals surface area (Å²) in [5.41, 5.74) is 7.44. The topological polar surface area (TPSA) is 108 Å². The Morgan fingerprint density at radius 2 is 1.93 bits per heavy atom. The number of benzene rings is 1. The number of ether oxygens (including phenoxy) is 1. The fourth-order valence-corrected chi connectivity index (χ4v) is 3.80. The van der Waals surface area contributed by atoms with Crippen LogP contribution in [0, 0.1) is 6.92 Å². The maximum atomic E-state index is 14.0. The number of halogens is 1. The first-order chi connectivity index (χ1) is 14.1. The summed E-state index contributed by atoms with van der Waals surface area (Å²) in [4.78, 5) is 12.7. The van der Waals surface area contributed by atoms with E-state index in [2.05, 4.69) is 5.10 Å². The third-order valence-corrected chi connectivity index (χ3v) is 6.27. The Bertz CT molecular complexity index is 1030. The monoisotopic (exact) mass is 438 g/mol. The number of rotatable bonds is 9. The molecule has 0 aliphatic heterocycles. The van der Waals surface area contributed by atoms with E-state index >= 15 is 0 Å². The minimum Gasteiger partial charge on any atom is -0.461 e. The molecule has 0 saturated carbocycles. The third kappa shape index (κ3) is 5.32. The predicted octanol–water partition coefficient (Wildman–Crippen LogP) is 2.02. The van der Waals surface area contributed by atoms with Crippen LogP contribution >= 0.6 is 0 Å². The minimum absolute atomic E-state index is 0.0376. The van der Waals surface area contributed by atoms with Crippen LogP contribution in [0.2, 0.25) is 0 Å². The SMILES string of the molecule is CCOC(=O)c1c(Cc2ccc(S(=O)(=O)N(C)C)cc2)c(C)nn1C/C(F)=C/CN. The van der Waals surface area contributed by atoms with Crippen LogP contribution in [0.15, 0.2) is 41.1 Å². The number of allylic oxidation sites excluding steroid dienone is 1. The number of aromatic nitrogens is 2. The zero-order valence-corrected chi connectivity index (χ0v) is 18.4. The second-order valence-electron chi connectivity index (χ2n) is 6.79. The first-order valence-electron chi connectivity index (χ1n) is 9.41. The molecule has 0 aliphatic carbocycles. The third-order valence-electron chi connectivity index (χ3n) is 4.44. The smallest absolute Gasteiger partial charge is 0.356 e. The summed E-state index contributed by atoms with van der Waals surface area (Å²) < 4.78 is 46.0. The molecule has 0 radical (unpaired) electrons. The fourth-order valence-electron chi connectivity index (χ4n) is 2.90. The lowest BCUT2D eigenvalue weighted by atomic mass is 10.0. The van der Waals surface area contributed by atoms with Gasteiger partial charge in [0.25, 0.3) is 0 Å². The van der Waals surface area contributed by atoms with Gasteiger partial charge in [0.05, 0.1) is 23.7 Å². The molecule has 0 fully saturated rings. The van der Waals surface area contributed by atoms with E-state index in [1.54, 1.807) is 26.0 Å². The number of aryl methyl sites for hydroxylation is 1. The van der Waals surface area contributed by atoms with Crippen LogP contribution in [0.25, 0.3) is 0 Å². The minimum atomic E-state index is -3.53. The highest BCUT2D eigenvalue weighted by Gasteiger charge is 2.24. The van der Waals surface area contributed by atoms with Crippen LogP contribution in [-0.2, 0) is 27.7 Å². The van der Waals surface area contributed by atoms with Crippen molar-refractivity contribution in [2.24, 2.45) is 5.73 Å². The van der Waals surface area contributed by atoms with Crippen LogP contribution < -0.4 is 5.73 Å². The summed E-state index contributed by atoms with van der Waals surface area (Å²) in [6, 6.07) is 6.38. The van der Waals surface area contributed by atoms with Gasteiger partial charge in [0.2, 0.25) is 10.0 Å². The molecule has 30 heavy (non-hydrogen) atoms. The maximum absolute atomic E-state index is 14.0. The number of hydrogen-bond acceptors (Lipinski definition) is 6. The summed E-state index contributed by atoms with van der Waals surface area (Å²) in [7, 11) is -0.608. The van der Waals surface area contributed by atoms with Crippen molar-refractivity contribution in [2.45, 2.75) is 31.7 Å². The molecule has 0 atom stereocenters. The van der Waals surface area contributed by atoms with E-state index in [4.69, 9.17) is 10.5 Å². The number of sulfonamides is 1. The number of carbonyl (C=O) groups is 1. The van der Waals surface area contributed by atoms with Crippen molar-refractivity contribution in [2.75, 3.05) is 27.2 Å². The molecule has 10 heteroatoms. The van der Waals surface area contributed by atoms with Gasteiger partial charge in [-0.1, -0.05) is 12.1 Å². The Labute approximate surface area is 176 Å². The number of carbonyl (C=O) groups excluding carboxylic acids is 1. The molecule has 2 N–H and O–H groups in total. The number of nitrogens with zero attached hydrogens (tertiary/aromatic N) is 3. The largest absolute Gasteiger partial charge is 0.461 e. The van der Waals surface area contributed by atoms with Gasteiger partial charge in [0, 0.05) is 32.6 Å². The summed E-state index contributed by atoms with van der Waals surface area (Å²) >= 11 is 0. The Hall–Kier alpha value is -2.56. The molecule has 0 saturated heterocycles. The van der Waals surface area contributed by atoms with Crippen molar-refractivity contribution in [3.8, 4) is 0 Å².